The van der Waals surface area contributed by atoms with Gasteiger partial charge in [0.1, 0.15) is 5.75 Å². The Bertz CT molecular complexity index is 578. The largest absolute Gasteiger partial charge is 0.468 e. The average Bonchev–Trinajstić information content (AvgIpc) is 3.16. The van der Waals surface area contributed by atoms with E-state index in [9.17, 15) is 0 Å². The van der Waals surface area contributed by atoms with Gasteiger partial charge in [0.25, 0.3) is 0 Å². The summed E-state index contributed by atoms with van der Waals surface area (Å²) in [4.78, 5) is 1.32. The highest BCUT2D eigenvalue weighted by Crippen LogP contribution is 2.28. The van der Waals surface area contributed by atoms with Crippen molar-refractivity contribution in [1.29, 1.82) is 0 Å². The van der Waals surface area contributed by atoms with Gasteiger partial charge in [-0.15, -0.1) is 11.3 Å². The molecule has 2 heterocycles. The lowest BCUT2D eigenvalue weighted by atomic mass is 10.0. The van der Waals surface area contributed by atoms with Crippen LogP contribution in [0, 0.1) is 0 Å². The Labute approximate surface area is 122 Å². The molecule has 0 bridgehead atoms. The molecule has 1 aliphatic heterocycles. The molecular formula is C15H16N2O2S. The minimum atomic E-state index is 0.266. The second-order valence-electron chi connectivity index (χ2n) is 4.53. The normalized spacial score (nSPS) is 17.6. The van der Waals surface area contributed by atoms with Crippen LogP contribution in [-0.4, -0.2) is 19.6 Å². The van der Waals surface area contributed by atoms with Crippen LogP contribution in [0.2, 0.25) is 0 Å². The summed E-state index contributed by atoms with van der Waals surface area (Å²) < 4.78 is 10.3. The monoisotopic (exact) mass is 288 g/mol. The topological polar surface area (TPSA) is 42.9 Å². The summed E-state index contributed by atoms with van der Waals surface area (Å²) in [6.07, 6.45) is 0.915. The van der Waals surface area contributed by atoms with E-state index in [1.807, 2.05) is 24.3 Å². The quantitative estimate of drug-likeness (QED) is 0.859. The number of nitrogens with one attached hydrogen (secondary N) is 1. The van der Waals surface area contributed by atoms with Crippen molar-refractivity contribution < 1.29 is 9.47 Å². The lowest BCUT2D eigenvalue weighted by molar-refractivity contribution is 0.0511. The molecule has 0 spiro atoms. The van der Waals surface area contributed by atoms with E-state index in [0.29, 0.717) is 6.04 Å². The number of hydrazone groups is 1. The van der Waals surface area contributed by atoms with Crippen LogP contribution in [0.3, 0.4) is 0 Å². The minimum absolute atomic E-state index is 0.266. The Kier molecular flexibility index (Phi) is 3.99. The van der Waals surface area contributed by atoms with Crippen LogP contribution in [0.1, 0.15) is 22.9 Å². The maximum absolute atomic E-state index is 5.38. The molecule has 0 radical (unpaired) electrons. The van der Waals surface area contributed by atoms with E-state index >= 15 is 0 Å². The second-order valence-corrected chi connectivity index (χ2v) is 5.51. The van der Waals surface area contributed by atoms with Gasteiger partial charge in [-0.1, -0.05) is 6.07 Å². The zero-order valence-electron chi connectivity index (χ0n) is 11.2. The van der Waals surface area contributed by atoms with Gasteiger partial charge in [-0.2, -0.15) is 5.10 Å². The van der Waals surface area contributed by atoms with E-state index in [0.717, 1.165) is 23.4 Å². The Morgan fingerprint density at radius 1 is 1.30 bits per heavy atom. The number of ether oxygens (including phenoxy) is 2. The Balaban J connectivity index is 1.65. The van der Waals surface area contributed by atoms with Crippen molar-refractivity contribution in [3.8, 4) is 5.75 Å². The van der Waals surface area contributed by atoms with Crippen LogP contribution in [-0.2, 0) is 4.74 Å². The van der Waals surface area contributed by atoms with Crippen LogP contribution in [0.5, 0.6) is 5.75 Å². The third-order valence-electron chi connectivity index (χ3n) is 3.17. The van der Waals surface area contributed by atoms with Gasteiger partial charge in [0.15, 0.2) is 6.79 Å². The maximum Gasteiger partial charge on any atom is 0.188 e. The summed E-state index contributed by atoms with van der Waals surface area (Å²) in [7, 11) is 1.61. The molecule has 4 nitrogen and oxygen atoms in total. The van der Waals surface area contributed by atoms with E-state index in [1.54, 1.807) is 18.4 Å². The van der Waals surface area contributed by atoms with E-state index in [4.69, 9.17) is 9.47 Å². The number of methoxy groups -OCH3 is 1. The number of thiophene rings is 1. The molecular weight excluding hydrogens is 272 g/mol. The first-order valence-electron chi connectivity index (χ1n) is 6.44. The first kappa shape index (κ1) is 13.1. The Morgan fingerprint density at radius 3 is 2.85 bits per heavy atom. The third kappa shape index (κ3) is 2.84. The molecule has 20 heavy (non-hydrogen) atoms. The van der Waals surface area contributed by atoms with Crippen LogP contribution in [0.25, 0.3) is 0 Å². The van der Waals surface area contributed by atoms with Gasteiger partial charge < -0.3 is 14.9 Å². The highest BCUT2D eigenvalue weighted by molar-refractivity contribution is 7.10. The summed E-state index contributed by atoms with van der Waals surface area (Å²) in [5.41, 5.74) is 5.41. The Morgan fingerprint density at radius 2 is 2.15 bits per heavy atom. The zero-order valence-corrected chi connectivity index (χ0v) is 12.0. The SMILES string of the molecule is COCOc1ccc(C2=NNC(c3cccs3)C2)cc1. The van der Waals surface area contributed by atoms with Crippen LogP contribution >= 0.6 is 11.3 Å². The highest BCUT2D eigenvalue weighted by atomic mass is 32.1. The summed E-state index contributed by atoms with van der Waals surface area (Å²) in [5, 5.41) is 6.54. The van der Waals surface area contributed by atoms with Crippen LogP contribution in [0.15, 0.2) is 46.9 Å². The molecule has 104 valence electrons. The molecule has 1 aromatic carbocycles. The number of hydrogen-bond donors (Lipinski definition) is 1. The molecule has 0 amide bonds. The number of rotatable bonds is 5. The van der Waals surface area contributed by atoms with Gasteiger partial charge in [0.2, 0.25) is 0 Å². The highest BCUT2D eigenvalue weighted by Gasteiger charge is 2.21. The third-order valence-corrected chi connectivity index (χ3v) is 4.16. The molecule has 1 atom stereocenters. The molecule has 1 aliphatic rings. The summed E-state index contributed by atoms with van der Waals surface area (Å²) in [5.74, 6) is 0.803. The smallest absolute Gasteiger partial charge is 0.188 e. The first-order chi connectivity index (χ1) is 9.86. The van der Waals surface area contributed by atoms with Crippen molar-refractivity contribution >= 4 is 17.0 Å². The molecule has 3 rings (SSSR count). The van der Waals surface area contributed by atoms with Crippen molar-refractivity contribution in [3.63, 3.8) is 0 Å². The van der Waals surface area contributed by atoms with E-state index in [1.165, 1.54) is 4.88 Å². The molecule has 2 aromatic rings. The van der Waals surface area contributed by atoms with Crippen molar-refractivity contribution in [1.82, 2.24) is 5.43 Å². The molecule has 1 aromatic heterocycles. The molecule has 0 aliphatic carbocycles. The fraction of sp³-hybridized carbons (Fsp3) is 0.267. The number of nitrogens with zero attached hydrogens (tertiary/aromatic N) is 1. The minimum Gasteiger partial charge on any atom is -0.468 e. The van der Waals surface area contributed by atoms with Crippen molar-refractivity contribution in [3.05, 3.63) is 52.2 Å². The number of benzene rings is 1. The van der Waals surface area contributed by atoms with Gasteiger partial charge in [0, 0.05) is 18.4 Å². The maximum atomic E-state index is 5.38. The van der Waals surface area contributed by atoms with E-state index in [2.05, 4.69) is 28.0 Å². The van der Waals surface area contributed by atoms with Gasteiger partial charge in [0.05, 0.1) is 11.8 Å². The average molecular weight is 288 g/mol. The van der Waals surface area contributed by atoms with Gasteiger partial charge in [-0.05, 0) is 41.3 Å². The molecule has 0 saturated carbocycles. The predicted octanol–water partition coefficient (Wildman–Crippen LogP) is 3.17. The summed E-state index contributed by atoms with van der Waals surface area (Å²) in [6, 6.07) is 12.5. The van der Waals surface area contributed by atoms with Gasteiger partial charge >= 0.3 is 0 Å². The molecule has 5 heteroatoms. The zero-order chi connectivity index (χ0) is 13.8. The molecule has 0 fully saturated rings. The lowest BCUT2D eigenvalue weighted by Crippen LogP contribution is -2.07. The van der Waals surface area contributed by atoms with Crippen LogP contribution in [0.4, 0.5) is 0 Å². The molecule has 0 saturated heterocycles. The van der Waals surface area contributed by atoms with E-state index < -0.39 is 0 Å². The predicted molar refractivity (Wildman–Crippen MR) is 80.3 cm³/mol. The summed E-state index contributed by atoms with van der Waals surface area (Å²) in [6.45, 7) is 0.266. The van der Waals surface area contributed by atoms with Crippen molar-refractivity contribution in [2.75, 3.05) is 13.9 Å². The fourth-order valence-corrected chi connectivity index (χ4v) is 2.92. The van der Waals surface area contributed by atoms with Crippen LogP contribution < -0.4 is 10.2 Å². The molecule has 1 N–H and O–H groups in total. The summed E-state index contributed by atoms with van der Waals surface area (Å²) >= 11 is 1.76. The first-order valence-corrected chi connectivity index (χ1v) is 7.32. The van der Waals surface area contributed by atoms with Gasteiger partial charge in [-0.3, -0.25) is 0 Å². The standard InChI is InChI=1S/C15H16N2O2S/c1-18-10-19-12-6-4-11(5-7-12)13-9-14(17-16-13)15-3-2-8-20-15/h2-8,14,17H,9-10H2,1H3. The van der Waals surface area contributed by atoms with Crippen molar-refractivity contribution in [2.24, 2.45) is 5.10 Å². The lowest BCUT2D eigenvalue weighted by Gasteiger charge is -2.07. The molecule has 1 unspecified atom stereocenters. The fourth-order valence-electron chi connectivity index (χ4n) is 2.15. The Hall–Kier alpha value is -1.85. The number of hydrogen-bond acceptors (Lipinski definition) is 5. The second kappa shape index (κ2) is 6.07. The van der Waals surface area contributed by atoms with E-state index in [-0.39, 0.29) is 6.79 Å². The van der Waals surface area contributed by atoms with Crippen molar-refractivity contribution in [2.45, 2.75) is 12.5 Å². The van der Waals surface area contributed by atoms with Gasteiger partial charge in [-0.25, -0.2) is 0 Å².